The highest BCUT2D eigenvalue weighted by Gasteiger charge is 2.11. The summed E-state index contributed by atoms with van der Waals surface area (Å²) in [5.74, 6) is -0.238. The minimum Gasteiger partial charge on any atom is -0.387 e. The van der Waals surface area contributed by atoms with E-state index in [0.29, 0.717) is 5.56 Å². The minimum absolute atomic E-state index is 0.00737. The number of amides is 1. The van der Waals surface area contributed by atoms with Gasteiger partial charge in [-0.25, -0.2) is 0 Å². The molecule has 1 unspecified atom stereocenters. The second kappa shape index (κ2) is 6.96. The first-order valence-electron chi connectivity index (χ1n) is 6.26. The number of benzene rings is 1. The van der Waals surface area contributed by atoms with Crippen LogP contribution >= 0.6 is 11.3 Å². The molecule has 1 heterocycles. The molecular formula is C14H14N2O4S. The summed E-state index contributed by atoms with van der Waals surface area (Å²) < 4.78 is 0. The Bertz CT molecular complexity index is 610. The molecule has 6 nitrogen and oxygen atoms in total. The fraction of sp³-hybridized carbons (Fsp3) is 0.214. The van der Waals surface area contributed by atoms with Crippen LogP contribution < -0.4 is 5.32 Å². The molecule has 1 aromatic heterocycles. The molecule has 1 atom stereocenters. The van der Waals surface area contributed by atoms with Crippen LogP contribution in [0.3, 0.4) is 0 Å². The van der Waals surface area contributed by atoms with E-state index in [-0.39, 0.29) is 24.6 Å². The van der Waals surface area contributed by atoms with E-state index in [2.05, 4.69) is 5.32 Å². The average Bonchev–Trinajstić information content (AvgIpc) is 2.99. The maximum Gasteiger partial charge on any atom is 0.269 e. The summed E-state index contributed by atoms with van der Waals surface area (Å²) in [6.07, 6.45) is -0.606. The molecule has 1 amide bonds. The van der Waals surface area contributed by atoms with Gasteiger partial charge in [-0.15, -0.1) is 0 Å². The second-order valence-electron chi connectivity index (χ2n) is 4.48. The van der Waals surface area contributed by atoms with Crippen molar-refractivity contribution in [3.8, 4) is 0 Å². The van der Waals surface area contributed by atoms with Gasteiger partial charge in [0.05, 0.1) is 17.4 Å². The molecule has 0 bridgehead atoms. The molecule has 2 aromatic rings. The lowest BCUT2D eigenvalue weighted by molar-refractivity contribution is -0.384. The van der Waals surface area contributed by atoms with E-state index in [9.17, 15) is 20.0 Å². The number of rotatable bonds is 6. The lowest BCUT2D eigenvalue weighted by Gasteiger charge is -2.10. The zero-order valence-corrected chi connectivity index (χ0v) is 11.9. The van der Waals surface area contributed by atoms with Crippen molar-refractivity contribution < 1.29 is 14.8 Å². The average molecular weight is 306 g/mol. The first-order valence-corrected chi connectivity index (χ1v) is 7.20. The van der Waals surface area contributed by atoms with Crippen molar-refractivity contribution in [2.75, 3.05) is 6.54 Å². The quantitative estimate of drug-likeness (QED) is 0.631. The Kier molecular flexibility index (Phi) is 5.02. The molecule has 2 rings (SSSR count). The number of thiophene rings is 1. The standard InChI is InChI=1S/C14H14N2O4S/c17-13(11-5-6-21-9-11)8-15-14(18)7-10-1-3-12(4-2-10)16(19)20/h1-6,9,13,17H,7-8H2,(H,15,18). The van der Waals surface area contributed by atoms with E-state index in [1.54, 1.807) is 18.2 Å². The normalized spacial score (nSPS) is 11.9. The molecule has 2 N–H and O–H groups in total. The zero-order valence-electron chi connectivity index (χ0n) is 11.1. The third kappa shape index (κ3) is 4.37. The fourth-order valence-corrected chi connectivity index (χ4v) is 2.48. The first-order chi connectivity index (χ1) is 10.1. The molecule has 0 saturated carbocycles. The van der Waals surface area contributed by atoms with Crippen molar-refractivity contribution in [2.45, 2.75) is 12.5 Å². The highest BCUT2D eigenvalue weighted by atomic mass is 32.1. The van der Waals surface area contributed by atoms with Gasteiger partial charge in [0.15, 0.2) is 0 Å². The maximum atomic E-state index is 11.8. The van der Waals surface area contributed by atoms with Crippen molar-refractivity contribution in [1.29, 1.82) is 0 Å². The number of nitrogens with zero attached hydrogens (tertiary/aromatic N) is 1. The Morgan fingerprint density at radius 3 is 2.62 bits per heavy atom. The van der Waals surface area contributed by atoms with Gasteiger partial charge in [0.2, 0.25) is 5.91 Å². The number of carbonyl (C=O) groups is 1. The molecule has 1 aromatic carbocycles. The second-order valence-corrected chi connectivity index (χ2v) is 5.26. The Labute approximate surface area is 125 Å². The number of nitro groups is 1. The Hall–Kier alpha value is -2.25. The van der Waals surface area contributed by atoms with Crippen LogP contribution in [-0.4, -0.2) is 22.5 Å². The third-order valence-electron chi connectivity index (χ3n) is 2.93. The van der Waals surface area contributed by atoms with Gasteiger partial charge in [0, 0.05) is 18.7 Å². The predicted molar refractivity (Wildman–Crippen MR) is 79.1 cm³/mol. The summed E-state index contributed by atoms with van der Waals surface area (Å²) in [7, 11) is 0. The molecule has 7 heteroatoms. The number of non-ortho nitro benzene ring substituents is 1. The topological polar surface area (TPSA) is 92.5 Å². The summed E-state index contributed by atoms with van der Waals surface area (Å²) in [6, 6.07) is 7.63. The Morgan fingerprint density at radius 1 is 1.33 bits per heavy atom. The smallest absolute Gasteiger partial charge is 0.269 e. The number of hydrogen-bond acceptors (Lipinski definition) is 5. The molecule has 21 heavy (non-hydrogen) atoms. The van der Waals surface area contributed by atoms with Gasteiger partial charge in [-0.1, -0.05) is 12.1 Å². The van der Waals surface area contributed by atoms with Gasteiger partial charge in [-0.05, 0) is 28.0 Å². The molecular weight excluding hydrogens is 292 g/mol. The van der Waals surface area contributed by atoms with Crippen LogP contribution in [0.5, 0.6) is 0 Å². The number of nitrogens with one attached hydrogen (secondary N) is 1. The van der Waals surface area contributed by atoms with Gasteiger partial charge < -0.3 is 10.4 Å². The van der Waals surface area contributed by atoms with E-state index >= 15 is 0 Å². The van der Waals surface area contributed by atoms with E-state index in [1.807, 2.05) is 10.8 Å². The van der Waals surface area contributed by atoms with Crippen LogP contribution in [0, 0.1) is 10.1 Å². The van der Waals surface area contributed by atoms with Gasteiger partial charge in [0.1, 0.15) is 0 Å². The van der Waals surface area contributed by atoms with Crippen molar-refractivity contribution in [2.24, 2.45) is 0 Å². The number of hydrogen-bond donors (Lipinski definition) is 2. The predicted octanol–water partition coefficient (Wildman–Crippen LogP) is 2.05. The molecule has 0 radical (unpaired) electrons. The minimum atomic E-state index is -0.725. The largest absolute Gasteiger partial charge is 0.387 e. The van der Waals surface area contributed by atoms with E-state index < -0.39 is 11.0 Å². The molecule has 0 aliphatic carbocycles. The lowest BCUT2D eigenvalue weighted by Crippen LogP contribution is -2.29. The SMILES string of the molecule is O=C(Cc1ccc([N+](=O)[O-])cc1)NCC(O)c1ccsc1. The van der Waals surface area contributed by atoms with Crippen LogP contribution in [0.1, 0.15) is 17.2 Å². The number of nitro benzene ring substituents is 1. The van der Waals surface area contributed by atoms with Crippen LogP contribution in [0.4, 0.5) is 5.69 Å². The number of carbonyl (C=O) groups excluding carboxylic acids is 1. The van der Waals surface area contributed by atoms with Crippen molar-refractivity contribution in [1.82, 2.24) is 5.32 Å². The zero-order chi connectivity index (χ0) is 15.2. The summed E-state index contributed by atoms with van der Waals surface area (Å²) in [5, 5.41) is 26.7. The van der Waals surface area contributed by atoms with Gasteiger partial charge in [-0.2, -0.15) is 11.3 Å². The van der Waals surface area contributed by atoms with Gasteiger partial charge >= 0.3 is 0 Å². The van der Waals surface area contributed by atoms with E-state index in [1.165, 1.54) is 23.5 Å². The first kappa shape index (κ1) is 15.1. The van der Waals surface area contributed by atoms with Crippen LogP contribution in [0.25, 0.3) is 0 Å². The van der Waals surface area contributed by atoms with Gasteiger partial charge in [-0.3, -0.25) is 14.9 Å². The summed E-state index contributed by atoms with van der Waals surface area (Å²) in [4.78, 5) is 21.8. The number of aliphatic hydroxyl groups is 1. The summed E-state index contributed by atoms with van der Waals surface area (Å²) in [5.41, 5.74) is 1.45. The number of aliphatic hydroxyl groups excluding tert-OH is 1. The van der Waals surface area contributed by atoms with Crippen molar-refractivity contribution in [3.05, 3.63) is 62.3 Å². The molecule has 0 aliphatic rings. The Morgan fingerprint density at radius 2 is 2.05 bits per heavy atom. The third-order valence-corrected chi connectivity index (χ3v) is 3.63. The summed E-state index contributed by atoms with van der Waals surface area (Å²) >= 11 is 1.48. The lowest BCUT2D eigenvalue weighted by atomic mass is 10.1. The van der Waals surface area contributed by atoms with Crippen LogP contribution in [-0.2, 0) is 11.2 Å². The highest BCUT2D eigenvalue weighted by Crippen LogP contribution is 2.15. The molecule has 110 valence electrons. The molecule has 0 fully saturated rings. The van der Waals surface area contributed by atoms with Crippen molar-refractivity contribution in [3.63, 3.8) is 0 Å². The maximum absolute atomic E-state index is 11.8. The van der Waals surface area contributed by atoms with E-state index in [0.717, 1.165) is 5.56 Å². The summed E-state index contributed by atoms with van der Waals surface area (Å²) in [6.45, 7) is 0.141. The highest BCUT2D eigenvalue weighted by molar-refractivity contribution is 7.07. The van der Waals surface area contributed by atoms with Gasteiger partial charge in [0.25, 0.3) is 5.69 Å². The molecule has 0 aliphatic heterocycles. The fourth-order valence-electron chi connectivity index (χ4n) is 1.78. The molecule has 0 saturated heterocycles. The van der Waals surface area contributed by atoms with Crippen molar-refractivity contribution >= 4 is 22.9 Å². The van der Waals surface area contributed by atoms with Crippen LogP contribution in [0.15, 0.2) is 41.1 Å². The van der Waals surface area contributed by atoms with Crippen LogP contribution in [0.2, 0.25) is 0 Å². The monoisotopic (exact) mass is 306 g/mol. The molecule has 0 spiro atoms. The van der Waals surface area contributed by atoms with E-state index in [4.69, 9.17) is 0 Å². The Balaban J connectivity index is 1.83.